The lowest BCUT2D eigenvalue weighted by molar-refractivity contribution is 0.0635. The van der Waals surface area contributed by atoms with E-state index >= 15 is 0 Å². The molecule has 0 aliphatic heterocycles. The Balaban J connectivity index is 1.90. The summed E-state index contributed by atoms with van der Waals surface area (Å²) in [4.78, 5) is 15.8. The highest BCUT2D eigenvalue weighted by Gasteiger charge is 2.16. The lowest BCUT2D eigenvalue weighted by Crippen LogP contribution is -2.27. The molecule has 0 aliphatic carbocycles. The van der Waals surface area contributed by atoms with Crippen molar-refractivity contribution >= 4 is 33.5 Å². The highest BCUT2D eigenvalue weighted by Crippen LogP contribution is 2.18. The number of rotatable bonds is 4. The third kappa shape index (κ3) is 5.81. The average molecular weight is 396 g/mol. The minimum atomic E-state index is -0.564. The van der Waals surface area contributed by atoms with Crippen LogP contribution < -0.4 is 10.6 Å². The predicted molar refractivity (Wildman–Crippen MR) is 95.5 cm³/mol. The molecule has 1 aromatic carbocycles. The molecule has 128 valence electrons. The Morgan fingerprint density at radius 3 is 2.62 bits per heavy atom. The van der Waals surface area contributed by atoms with Crippen LogP contribution in [-0.2, 0) is 11.3 Å². The Labute approximate surface area is 148 Å². The summed E-state index contributed by atoms with van der Waals surface area (Å²) in [6, 6.07) is 8.39. The van der Waals surface area contributed by atoms with Gasteiger partial charge in [0.05, 0.1) is 16.4 Å². The lowest BCUT2D eigenvalue weighted by atomic mass is 10.2. The quantitative estimate of drug-likeness (QED) is 0.768. The molecule has 0 saturated heterocycles. The molecule has 2 N–H and O–H groups in total. The number of hydrogen-bond acceptors (Lipinski definition) is 4. The molecule has 0 atom stereocenters. The summed E-state index contributed by atoms with van der Waals surface area (Å²) in [5.74, 6) is 0.0915. The topological polar surface area (TPSA) is 63.2 Å². The predicted octanol–water partition coefficient (Wildman–Crippen LogP) is 4.94. The van der Waals surface area contributed by atoms with Crippen molar-refractivity contribution in [3.63, 3.8) is 0 Å². The summed E-state index contributed by atoms with van der Waals surface area (Å²) in [5.41, 5.74) is 1.01. The van der Waals surface area contributed by atoms with Crippen LogP contribution in [0.5, 0.6) is 0 Å². The van der Waals surface area contributed by atoms with E-state index in [0.29, 0.717) is 16.8 Å². The van der Waals surface area contributed by atoms with Crippen molar-refractivity contribution in [1.29, 1.82) is 0 Å². The summed E-state index contributed by atoms with van der Waals surface area (Å²) in [6.45, 7) is 5.83. The summed E-state index contributed by atoms with van der Waals surface area (Å²) in [7, 11) is 0. The van der Waals surface area contributed by atoms with Crippen LogP contribution in [0.15, 0.2) is 41.0 Å². The van der Waals surface area contributed by atoms with Crippen molar-refractivity contribution in [2.24, 2.45) is 0 Å². The van der Waals surface area contributed by atoms with Crippen LogP contribution in [0.1, 0.15) is 26.3 Å². The molecule has 0 unspecified atom stereocenters. The van der Waals surface area contributed by atoms with Crippen molar-refractivity contribution in [1.82, 2.24) is 4.98 Å². The van der Waals surface area contributed by atoms with Crippen molar-refractivity contribution in [2.45, 2.75) is 32.9 Å². The van der Waals surface area contributed by atoms with Crippen molar-refractivity contribution in [3.8, 4) is 0 Å². The molecule has 1 amide bonds. The number of pyridine rings is 1. The van der Waals surface area contributed by atoms with Crippen LogP contribution in [-0.4, -0.2) is 16.7 Å². The summed E-state index contributed by atoms with van der Waals surface area (Å²) in [6.07, 6.45) is 1.03. The van der Waals surface area contributed by atoms with E-state index in [1.807, 2.05) is 6.07 Å². The second-order valence-electron chi connectivity index (χ2n) is 6.16. The molecule has 1 heterocycles. The molecule has 0 spiro atoms. The smallest absolute Gasteiger partial charge is 0.413 e. The summed E-state index contributed by atoms with van der Waals surface area (Å²) in [5, 5.41) is 5.70. The summed E-state index contributed by atoms with van der Waals surface area (Å²) < 4.78 is 19.0. The zero-order valence-corrected chi connectivity index (χ0v) is 15.3. The molecule has 24 heavy (non-hydrogen) atoms. The monoisotopic (exact) mass is 395 g/mol. The summed E-state index contributed by atoms with van der Waals surface area (Å²) >= 11 is 3.12. The molecule has 7 heteroatoms. The number of nitrogens with zero attached hydrogens (tertiary/aromatic N) is 1. The Morgan fingerprint density at radius 2 is 2.04 bits per heavy atom. The van der Waals surface area contributed by atoms with E-state index in [-0.39, 0.29) is 5.82 Å². The molecule has 0 fully saturated rings. The molecular weight excluding hydrogens is 377 g/mol. The fourth-order valence-electron chi connectivity index (χ4n) is 1.83. The van der Waals surface area contributed by atoms with Crippen molar-refractivity contribution in [2.75, 3.05) is 10.6 Å². The van der Waals surface area contributed by atoms with Gasteiger partial charge in [-0.15, -0.1) is 0 Å². The Hall–Kier alpha value is -2.15. The maximum Gasteiger partial charge on any atom is 0.413 e. The number of ether oxygens (including phenoxy) is 1. The standard InChI is InChI=1S/C17H19BrFN3O2/c1-17(2,3)24-16(23)22-15-7-5-12(10-21-15)20-9-11-4-6-13(18)14(19)8-11/h4-8,10,20H,9H2,1-3H3,(H,21,22,23). The molecular formula is C17H19BrFN3O2. The van der Waals surface area contributed by atoms with Crippen LogP contribution in [0.4, 0.5) is 20.7 Å². The first kappa shape index (κ1) is 18.2. The largest absolute Gasteiger partial charge is 0.444 e. The number of carbonyl (C=O) groups excluding carboxylic acids is 1. The number of amides is 1. The lowest BCUT2D eigenvalue weighted by Gasteiger charge is -2.19. The Kier molecular flexibility index (Phi) is 5.77. The van der Waals surface area contributed by atoms with Gasteiger partial charge in [-0.2, -0.15) is 0 Å². The van der Waals surface area contributed by atoms with Crippen LogP contribution in [0.25, 0.3) is 0 Å². The molecule has 2 rings (SSSR count). The van der Waals surface area contributed by atoms with E-state index in [0.717, 1.165) is 11.3 Å². The van der Waals surface area contributed by atoms with Gasteiger partial charge >= 0.3 is 6.09 Å². The third-order valence-corrected chi connectivity index (χ3v) is 3.52. The fourth-order valence-corrected chi connectivity index (χ4v) is 2.08. The average Bonchev–Trinajstić information content (AvgIpc) is 2.48. The van der Waals surface area contributed by atoms with Crippen LogP contribution in [0, 0.1) is 5.82 Å². The highest BCUT2D eigenvalue weighted by molar-refractivity contribution is 9.10. The van der Waals surface area contributed by atoms with E-state index in [1.165, 1.54) is 6.07 Å². The molecule has 1 aromatic heterocycles. The van der Waals surface area contributed by atoms with Gasteiger partial charge in [-0.1, -0.05) is 6.07 Å². The molecule has 0 aliphatic rings. The minimum Gasteiger partial charge on any atom is -0.444 e. The maximum absolute atomic E-state index is 13.5. The molecule has 0 bridgehead atoms. The maximum atomic E-state index is 13.5. The van der Waals surface area contributed by atoms with Gasteiger partial charge in [0.15, 0.2) is 0 Å². The number of carbonyl (C=O) groups is 1. The van der Waals surface area contributed by atoms with Gasteiger partial charge in [-0.05, 0) is 66.5 Å². The van der Waals surface area contributed by atoms with Gasteiger partial charge in [0.2, 0.25) is 0 Å². The van der Waals surface area contributed by atoms with Gasteiger partial charge < -0.3 is 10.1 Å². The number of anilines is 2. The Morgan fingerprint density at radius 1 is 1.29 bits per heavy atom. The first-order valence-corrected chi connectivity index (χ1v) is 8.16. The molecule has 0 saturated carbocycles. The number of halogens is 2. The van der Waals surface area contributed by atoms with E-state index < -0.39 is 11.7 Å². The van der Waals surface area contributed by atoms with Gasteiger partial charge in [-0.25, -0.2) is 14.2 Å². The zero-order valence-electron chi connectivity index (χ0n) is 13.7. The number of hydrogen-bond donors (Lipinski definition) is 2. The first-order chi connectivity index (χ1) is 11.2. The fraction of sp³-hybridized carbons (Fsp3) is 0.294. The second-order valence-corrected chi connectivity index (χ2v) is 7.02. The second kappa shape index (κ2) is 7.61. The molecule has 2 aromatic rings. The van der Waals surface area contributed by atoms with Crippen molar-refractivity contribution < 1.29 is 13.9 Å². The Bertz CT molecular complexity index is 715. The normalized spacial score (nSPS) is 11.0. The zero-order chi connectivity index (χ0) is 17.7. The van der Waals surface area contributed by atoms with Gasteiger partial charge in [0.1, 0.15) is 17.2 Å². The number of benzene rings is 1. The van der Waals surface area contributed by atoms with Crippen LogP contribution in [0.2, 0.25) is 0 Å². The number of nitrogens with one attached hydrogen (secondary N) is 2. The van der Waals surface area contributed by atoms with Gasteiger partial charge in [-0.3, -0.25) is 5.32 Å². The van der Waals surface area contributed by atoms with E-state index in [1.54, 1.807) is 45.2 Å². The van der Waals surface area contributed by atoms with Gasteiger partial charge in [0.25, 0.3) is 0 Å². The van der Waals surface area contributed by atoms with Gasteiger partial charge in [0, 0.05) is 6.54 Å². The van der Waals surface area contributed by atoms with E-state index in [4.69, 9.17) is 4.74 Å². The third-order valence-electron chi connectivity index (χ3n) is 2.87. The molecule has 5 nitrogen and oxygen atoms in total. The van der Waals surface area contributed by atoms with Crippen LogP contribution >= 0.6 is 15.9 Å². The SMILES string of the molecule is CC(C)(C)OC(=O)Nc1ccc(NCc2ccc(Br)c(F)c2)cn1. The van der Waals surface area contributed by atoms with E-state index in [2.05, 4.69) is 31.5 Å². The van der Waals surface area contributed by atoms with Crippen molar-refractivity contribution in [3.05, 3.63) is 52.4 Å². The highest BCUT2D eigenvalue weighted by atomic mass is 79.9. The first-order valence-electron chi connectivity index (χ1n) is 7.37. The minimum absolute atomic E-state index is 0.302. The number of aromatic nitrogens is 1. The van der Waals surface area contributed by atoms with E-state index in [9.17, 15) is 9.18 Å². The van der Waals surface area contributed by atoms with Crippen LogP contribution in [0.3, 0.4) is 0 Å². The molecule has 0 radical (unpaired) electrons.